The lowest BCUT2D eigenvalue weighted by Gasteiger charge is -2.18. The fourth-order valence-corrected chi connectivity index (χ4v) is 2.74. The third-order valence-electron chi connectivity index (χ3n) is 3.80. The number of rotatable bonds is 5. The number of aryl methyl sites for hydroxylation is 4. The third-order valence-corrected chi connectivity index (χ3v) is 3.80. The van der Waals surface area contributed by atoms with Gasteiger partial charge in [-0.15, -0.1) is 0 Å². The van der Waals surface area contributed by atoms with Crippen LogP contribution in [-0.2, 0) is 19.9 Å². The molecule has 0 radical (unpaired) electrons. The number of aromatic nitrogens is 2. The van der Waals surface area contributed by atoms with E-state index in [0.717, 1.165) is 18.5 Å². The number of benzene rings is 1. The maximum atomic E-state index is 4.53. The summed E-state index contributed by atoms with van der Waals surface area (Å²) in [5.74, 6) is 0. The predicted octanol–water partition coefficient (Wildman–Crippen LogP) is 3.10. The molecule has 2 aromatic rings. The highest BCUT2D eigenvalue weighted by atomic mass is 15.3. The quantitative estimate of drug-likeness (QED) is 0.905. The summed E-state index contributed by atoms with van der Waals surface area (Å²) in [6, 6.07) is 9.30. The molecule has 0 aliphatic carbocycles. The Hall–Kier alpha value is -1.61. The minimum Gasteiger partial charge on any atom is -0.313 e. The zero-order valence-electron chi connectivity index (χ0n) is 13.2. The largest absolute Gasteiger partial charge is 0.313 e. The molecule has 0 aliphatic heterocycles. The van der Waals surface area contributed by atoms with Gasteiger partial charge < -0.3 is 5.32 Å². The maximum Gasteiger partial charge on any atom is 0.0624 e. The van der Waals surface area contributed by atoms with E-state index in [1.165, 1.54) is 22.4 Å². The monoisotopic (exact) mass is 271 g/mol. The van der Waals surface area contributed by atoms with Crippen molar-refractivity contribution in [2.24, 2.45) is 7.05 Å². The summed E-state index contributed by atoms with van der Waals surface area (Å²) in [5.41, 5.74) is 6.43. The molecule has 108 valence electrons. The minimum atomic E-state index is 0.328. The van der Waals surface area contributed by atoms with Crippen LogP contribution in [0, 0.1) is 13.8 Å². The van der Waals surface area contributed by atoms with Crippen LogP contribution in [0.25, 0.3) is 0 Å². The zero-order valence-corrected chi connectivity index (χ0v) is 13.2. The molecule has 1 atom stereocenters. The van der Waals surface area contributed by atoms with Gasteiger partial charge in [0.25, 0.3) is 0 Å². The van der Waals surface area contributed by atoms with Gasteiger partial charge >= 0.3 is 0 Å². The second-order valence-electron chi connectivity index (χ2n) is 5.57. The second-order valence-corrected chi connectivity index (χ2v) is 5.57. The molecule has 1 aromatic carbocycles. The molecule has 0 saturated carbocycles. The normalized spacial score (nSPS) is 12.7. The van der Waals surface area contributed by atoms with Gasteiger partial charge in [-0.2, -0.15) is 5.10 Å². The highest BCUT2D eigenvalue weighted by Crippen LogP contribution is 2.21. The summed E-state index contributed by atoms with van der Waals surface area (Å²) in [7, 11) is 4.06. The van der Waals surface area contributed by atoms with Crippen molar-refractivity contribution < 1.29 is 0 Å². The highest BCUT2D eigenvalue weighted by Gasteiger charge is 2.14. The van der Waals surface area contributed by atoms with E-state index in [9.17, 15) is 0 Å². The van der Waals surface area contributed by atoms with Gasteiger partial charge in [0.15, 0.2) is 0 Å². The van der Waals surface area contributed by atoms with Crippen LogP contribution < -0.4 is 5.32 Å². The van der Waals surface area contributed by atoms with Crippen LogP contribution in [0.15, 0.2) is 24.3 Å². The molecule has 0 spiro atoms. The van der Waals surface area contributed by atoms with Crippen LogP contribution in [0.4, 0.5) is 0 Å². The smallest absolute Gasteiger partial charge is 0.0624 e. The molecule has 1 heterocycles. The van der Waals surface area contributed by atoms with Crippen molar-refractivity contribution in [3.63, 3.8) is 0 Å². The lowest BCUT2D eigenvalue weighted by molar-refractivity contribution is 0.560. The number of likely N-dealkylation sites (N-methyl/N-ethyl adjacent to an activating group) is 1. The van der Waals surface area contributed by atoms with Crippen molar-refractivity contribution in [2.75, 3.05) is 7.05 Å². The molecule has 2 rings (SSSR count). The first-order valence-corrected chi connectivity index (χ1v) is 7.30. The van der Waals surface area contributed by atoms with E-state index < -0.39 is 0 Å². The van der Waals surface area contributed by atoms with Gasteiger partial charge in [-0.1, -0.05) is 36.2 Å². The van der Waals surface area contributed by atoms with Crippen LogP contribution in [0.5, 0.6) is 0 Å². The maximum absolute atomic E-state index is 4.53. The lowest BCUT2D eigenvalue weighted by atomic mass is 9.98. The van der Waals surface area contributed by atoms with E-state index in [2.05, 4.69) is 55.5 Å². The number of hydrogen-bond acceptors (Lipinski definition) is 2. The molecule has 0 amide bonds. The Morgan fingerprint density at radius 2 is 1.80 bits per heavy atom. The molecule has 1 aromatic heterocycles. The molecule has 3 nitrogen and oxygen atoms in total. The lowest BCUT2D eigenvalue weighted by Crippen LogP contribution is -2.20. The molecule has 1 N–H and O–H groups in total. The number of hydrogen-bond donors (Lipinski definition) is 1. The molecule has 0 saturated heterocycles. The Morgan fingerprint density at radius 1 is 1.15 bits per heavy atom. The van der Waals surface area contributed by atoms with Gasteiger partial charge in [-0.25, -0.2) is 0 Å². The topological polar surface area (TPSA) is 29.9 Å². The summed E-state index contributed by atoms with van der Waals surface area (Å²) in [6.07, 6.45) is 1.95. The van der Waals surface area contributed by atoms with Crippen LogP contribution >= 0.6 is 0 Å². The molecular formula is C17H25N3. The Bertz CT molecular complexity index is 564. The first-order valence-electron chi connectivity index (χ1n) is 7.30. The third kappa shape index (κ3) is 3.28. The van der Waals surface area contributed by atoms with Crippen LogP contribution in [0.1, 0.15) is 41.0 Å². The van der Waals surface area contributed by atoms with Crippen molar-refractivity contribution in [3.05, 3.63) is 52.3 Å². The van der Waals surface area contributed by atoms with Crippen molar-refractivity contribution in [3.8, 4) is 0 Å². The van der Waals surface area contributed by atoms with Crippen molar-refractivity contribution in [2.45, 2.75) is 39.7 Å². The number of nitrogens with one attached hydrogen (secondary N) is 1. The fraction of sp³-hybridized carbons (Fsp3) is 0.471. The van der Waals surface area contributed by atoms with Crippen LogP contribution in [0.3, 0.4) is 0 Å². The summed E-state index contributed by atoms with van der Waals surface area (Å²) in [5, 5.41) is 7.97. The molecule has 1 unspecified atom stereocenters. The molecule has 3 heteroatoms. The van der Waals surface area contributed by atoms with Crippen molar-refractivity contribution >= 4 is 0 Å². The molecule has 0 fully saturated rings. The Morgan fingerprint density at radius 3 is 2.30 bits per heavy atom. The average molecular weight is 271 g/mol. The molecule has 20 heavy (non-hydrogen) atoms. The first kappa shape index (κ1) is 14.8. The van der Waals surface area contributed by atoms with Gasteiger partial charge in [0.2, 0.25) is 0 Å². The van der Waals surface area contributed by atoms with E-state index in [4.69, 9.17) is 0 Å². The van der Waals surface area contributed by atoms with Crippen LogP contribution in [-0.4, -0.2) is 16.8 Å². The van der Waals surface area contributed by atoms with Crippen LogP contribution in [0.2, 0.25) is 0 Å². The van der Waals surface area contributed by atoms with Crippen molar-refractivity contribution in [1.29, 1.82) is 0 Å². The van der Waals surface area contributed by atoms with E-state index >= 15 is 0 Å². The average Bonchev–Trinajstić information content (AvgIpc) is 2.75. The van der Waals surface area contributed by atoms with E-state index in [0.29, 0.717) is 6.04 Å². The summed E-state index contributed by atoms with van der Waals surface area (Å²) in [4.78, 5) is 0. The van der Waals surface area contributed by atoms with E-state index in [1.807, 2.05) is 18.8 Å². The van der Waals surface area contributed by atoms with E-state index in [-0.39, 0.29) is 0 Å². The van der Waals surface area contributed by atoms with Gasteiger partial charge in [-0.05, 0) is 38.9 Å². The highest BCUT2D eigenvalue weighted by molar-refractivity contribution is 5.31. The Kier molecular flexibility index (Phi) is 4.61. The Labute approximate surface area is 122 Å². The summed E-state index contributed by atoms with van der Waals surface area (Å²) in [6.45, 7) is 6.45. The zero-order chi connectivity index (χ0) is 14.7. The molecule has 0 aliphatic rings. The Balaban J connectivity index is 2.25. The van der Waals surface area contributed by atoms with Gasteiger partial charge in [0.05, 0.1) is 5.69 Å². The van der Waals surface area contributed by atoms with Crippen molar-refractivity contribution in [1.82, 2.24) is 15.1 Å². The SMILES string of the molecule is CCc1cc(CC(NC)c2cc(C)cc(C)c2)n(C)n1. The van der Waals surface area contributed by atoms with E-state index in [1.54, 1.807) is 0 Å². The summed E-state index contributed by atoms with van der Waals surface area (Å²) >= 11 is 0. The van der Waals surface area contributed by atoms with Gasteiger partial charge in [0.1, 0.15) is 0 Å². The fourth-order valence-electron chi connectivity index (χ4n) is 2.74. The first-order chi connectivity index (χ1) is 9.53. The standard InChI is InChI=1S/C17H25N3/c1-6-15-10-16(20(5)19-15)11-17(18-4)14-8-12(2)7-13(3)9-14/h7-10,17-18H,6,11H2,1-5H3. The molecular weight excluding hydrogens is 246 g/mol. The molecule has 0 bridgehead atoms. The summed E-state index contributed by atoms with van der Waals surface area (Å²) < 4.78 is 2.01. The number of nitrogens with zero attached hydrogens (tertiary/aromatic N) is 2. The van der Waals surface area contributed by atoms with Gasteiger partial charge in [0, 0.05) is 25.2 Å². The second kappa shape index (κ2) is 6.23. The predicted molar refractivity (Wildman–Crippen MR) is 84.0 cm³/mol. The van der Waals surface area contributed by atoms with Gasteiger partial charge in [-0.3, -0.25) is 4.68 Å². The minimum absolute atomic E-state index is 0.328.